The lowest BCUT2D eigenvalue weighted by atomic mass is 10.1. The molecule has 0 N–H and O–H groups in total. The fourth-order valence-corrected chi connectivity index (χ4v) is 3.56. The predicted molar refractivity (Wildman–Crippen MR) is 103 cm³/mol. The fourth-order valence-electron chi connectivity index (χ4n) is 2.60. The Bertz CT molecular complexity index is 1030. The van der Waals surface area contributed by atoms with Crippen LogP contribution in [0.1, 0.15) is 25.3 Å². The Hall–Kier alpha value is -2.81. The molecule has 0 bridgehead atoms. The average molecular weight is 401 g/mol. The van der Waals surface area contributed by atoms with E-state index in [2.05, 4.69) is 24.9 Å². The van der Waals surface area contributed by atoms with Gasteiger partial charge in [0.2, 0.25) is 0 Å². The lowest BCUT2D eigenvalue weighted by molar-refractivity contribution is 0.462. The molecule has 3 rings (SSSR count). The average Bonchev–Trinajstić information content (AvgIpc) is 2.74. The van der Waals surface area contributed by atoms with E-state index in [1.807, 2.05) is 6.07 Å². The van der Waals surface area contributed by atoms with Crippen molar-refractivity contribution < 1.29 is 12.8 Å². The molecule has 0 fully saturated rings. The van der Waals surface area contributed by atoms with Crippen molar-refractivity contribution in [3.63, 3.8) is 0 Å². The molecule has 0 saturated heterocycles. The van der Waals surface area contributed by atoms with Gasteiger partial charge < -0.3 is 0 Å². The molecule has 146 valence electrons. The molecule has 0 atom stereocenters. The Morgan fingerprint density at radius 3 is 2.39 bits per heavy atom. The first kappa shape index (κ1) is 19.9. The highest BCUT2D eigenvalue weighted by Crippen LogP contribution is 2.26. The minimum atomic E-state index is -3.55. The largest absolute Gasteiger partial charge is 0.254 e. The van der Waals surface area contributed by atoms with E-state index < -0.39 is 9.84 Å². The van der Waals surface area contributed by atoms with E-state index in [1.54, 1.807) is 37.6 Å². The summed E-state index contributed by atoms with van der Waals surface area (Å²) >= 11 is 0. The van der Waals surface area contributed by atoms with Crippen LogP contribution in [-0.4, -0.2) is 45.8 Å². The van der Waals surface area contributed by atoms with Crippen molar-refractivity contribution in [3.8, 4) is 23.0 Å². The van der Waals surface area contributed by atoms with Crippen molar-refractivity contribution in [1.82, 2.24) is 24.9 Å². The molecule has 0 aliphatic rings. The molecule has 7 nitrogen and oxygen atoms in total. The minimum absolute atomic E-state index is 0.0207. The third kappa shape index (κ3) is 4.53. The van der Waals surface area contributed by atoms with Gasteiger partial charge in [-0.1, -0.05) is 13.0 Å². The Morgan fingerprint density at radius 2 is 1.75 bits per heavy atom. The van der Waals surface area contributed by atoms with E-state index in [0.717, 1.165) is 12.0 Å². The number of halogens is 1. The Balaban J connectivity index is 2.04. The monoisotopic (exact) mass is 401 g/mol. The summed E-state index contributed by atoms with van der Waals surface area (Å²) in [6.07, 6.45) is 8.02. The first-order chi connectivity index (χ1) is 13.5. The number of pyridine rings is 1. The highest BCUT2D eigenvalue weighted by molar-refractivity contribution is 7.91. The fraction of sp³-hybridized carbons (Fsp3) is 0.316. The number of unbranched alkanes of at least 4 members (excludes halogenated alkanes) is 1. The normalized spacial score (nSPS) is 11.5. The Labute approximate surface area is 163 Å². The Kier molecular flexibility index (Phi) is 6.35. The van der Waals surface area contributed by atoms with Crippen molar-refractivity contribution >= 4 is 9.84 Å². The van der Waals surface area contributed by atoms with Gasteiger partial charge in [0.15, 0.2) is 21.5 Å². The van der Waals surface area contributed by atoms with Crippen LogP contribution in [0.3, 0.4) is 0 Å². The first-order valence-corrected chi connectivity index (χ1v) is 10.6. The van der Waals surface area contributed by atoms with Crippen LogP contribution in [0, 0.1) is 0 Å². The number of alkyl halides is 1. The molecule has 0 aromatic carbocycles. The van der Waals surface area contributed by atoms with Crippen LogP contribution < -0.4 is 0 Å². The molecule has 3 heterocycles. The molecule has 0 aliphatic carbocycles. The molecule has 0 aliphatic heterocycles. The van der Waals surface area contributed by atoms with Crippen LogP contribution in [-0.2, 0) is 16.3 Å². The van der Waals surface area contributed by atoms with E-state index in [0.29, 0.717) is 24.4 Å². The van der Waals surface area contributed by atoms with Crippen molar-refractivity contribution in [3.05, 3.63) is 48.5 Å². The summed E-state index contributed by atoms with van der Waals surface area (Å²) in [5.74, 6) is 0.442. The lowest BCUT2D eigenvalue weighted by Crippen LogP contribution is -2.09. The third-order valence-corrected chi connectivity index (χ3v) is 5.88. The molecule has 0 amide bonds. The van der Waals surface area contributed by atoms with Crippen LogP contribution in [0.4, 0.5) is 4.39 Å². The SMILES string of the molecule is CCS(=O)(=O)c1cnc(-c2ncccn2)nc1-c1ccc(CCCCF)cn1. The number of hydrogen-bond acceptors (Lipinski definition) is 7. The van der Waals surface area contributed by atoms with Crippen LogP contribution in [0.25, 0.3) is 23.0 Å². The van der Waals surface area contributed by atoms with Crippen molar-refractivity contribution in [2.24, 2.45) is 0 Å². The summed E-state index contributed by atoms with van der Waals surface area (Å²) in [7, 11) is -3.55. The van der Waals surface area contributed by atoms with Crippen LogP contribution >= 0.6 is 0 Å². The van der Waals surface area contributed by atoms with Gasteiger partial charge in [-0.3, -0.25) is 9.37 Å². The maximum absolute atomic E-state index is 12.5. The molecule has 28 heavy (non-hydrogen) atoms. The van der Waals surface area contributed by atoms with Crippen molar-refractivity contribution in [2.45, 2.75) is 31.1 Å². The summed E-state index contributed by atoms with van der Waals surface area (Å²) in [4.78, 5) is 21.2. The summed E-state index contributed by atoms with van der Waals surface area (Å²) in [5, 5.41) is 0. The van der Waals surface area contributed by atoms with Crippen molar-refractivity contribution in [1.29, 1.82) is 0 Å². The molecule has 3 aromatic rings. The second-order valence-electron chi connectivity index (χ2n) is 6.08. The molecule has 0 saturated carbocycles. The zero-order chi connectivity index (χ0) is 20.0. The standard InChI is InChI=1S/C19H20FN5O2S/c1-2-28(26,27)16-13-24-19(18-21-10-5-11-22-18)25-17(16)15-8-7-14(12-23-15)6-3-4-9-20/h5,7-8,10-13H,2-4,6,9H2,1H3. The van der Waals surface area contributed by atoms with Gasteiger partial charge in [-0.05, 0) is 37.0 Å². The molecule has 0 unspecified atom stereocenters. The maximum atomic E-state index is 12.5. The minimum Gasteiger partial charge on any atom is -0.254 e. The summed E-state index contributed by atoms with van der Waals surface area (Å²) in [6.45, 7) is 1.23. The smallest absolute Gasteiger partial charge is 0.198 e. The van der Waals surface area contributed by atoms with Gasteiger partial charge in [0.25, 0.3) is 0 Å². The molecular weight excluding hydrogens is 381 g/mol. The van der Waals surface area contributed by atoms with Crippen LogP contribution in [0.15, 0.2) is 47.9 Å². The number of rotatable bonds is 8. The number of aromatic nitrogens is 5. The molecule has 0 radical (unpaired) electrons. The van der Waals surface area contributed by atoms with Gasteiger partial charge in [0, 0.05) is 18.6 Å². The highest BCUT2D eigenvalue weighted by Gasteiger charge is 2.22. The molecule has 0 spiro atoms. The lowest BCUT2D eigenvalue weighted by Gasteiger charge is -2.10. The van der Waals surface area contributed by atoms with Gasteiger partial charge in [0.1, 0.15) is 10.6 Å². The number of sulfone groups is 1. The topological polar surface area (TPSA) is 98.6 Å². The van der Waals surface area contributed by atoms with Gasteiger partial charge in [-0.25, -0.2) is 28.4 Å². The first-order valence-electron chi connectivity index (χ1n) is 8.93. The number of hydrogen-bond donors (Lipinski definition) is 0. The second kappa shape index (κ2) is 8.92. The van der Waals surface area contributed by atoms with E-state index in [4.69, 9.17) is 0 Å². The summed E-state index contributed by atoms with van der Waals surface area (Å²) < 4.78 is 37.3. The van der Waals surface area contributed by atoms with Crippen LogP contribution in [0.5, 0.6) is 0 Å². The predicted octanol–water partition coefficient (Wildman–Crippen LogP) is 3.08. The Morgan fingerprint density at radius 1 is 0.964 bits per heavy atom. The van der Waals surface area contributed by atoms with E-state index in [9.17, 15) is 12.8 Å². The van der Waals surface area contributed by atoms with Gasteiger partial charge in [-0.2, -0.15) is 0 Å². The highest BCUT2D eigenvalue weighted by atomic mass is 32.2. The molecule has 9 heteroatoms. The van der Waals surface area contributed by atoms with E-state index in [-0.39, 0.29) is 28.8 Å². The van der Waals surface area contributed by atoms with Gasteiger partial charge in [0.05, 0.1) is 24.3 Å². The quantitative estimate of drug-likeness (QED) is 0.535. The third-order valence-electron chi connectivity index (χ3n) is 4.15. The zero-order valence-corrected chi connectivity index (χ0v) is 16.2. The number of nitrogens with zero attached hydrogens (tertiary/aromatic N) is 5. The van der Waals surface area contributed by atoms with Crippen LogP contribution in [0.2, 0.25) is 0 Å². The molecule has 3 aromatic heterocycles. The summed E-state index contributed by atoms with van der Waals surface area (Å²) in [6, 6.07) is 5.24. The summed E-state index contributed by atoms with van der Waals surface area (Å²) in [5.41, 5.74) is 1.59. The zero-order valence-electron chi connectivity index (χ0n) is 15.4. The van der Waals surface area contributed by atoms with Gasteiger partial charge in [-0.15, -0.1) is 0 Å². The van der Waals surface area contributed by atoms with E-state index in [1.165, 1.54) is 6.20 Å². The number of aryl methyl sites for hydroxylation is 1. The van der Waals surface area contributed by atoms with E-state index >= 15 is 0 Å². The molecular formula is C19H20FN5O2S. The second-order valence-corrected chi connectivity index (χ2v) is 8.33. The maximum Gasteiger partial charge on any atom is 0.198 e. The van der Waals surface area contributed by atoms with Gasteiger partial charge >= 0.3 is 0 Å². The van der Waals surface area contributed by atoms with Crippen molar-refractivity contribution in [2.75, 3.05) is 12.4 Å².